The fraction of sp³-hybridized carbons (Fsp3) is 0. The lowest BCUT2D eigenvalue weighted by Crippen LogP contribution is -1.96. The number of rotatable bonds is 2. The van der Waals surface area contributed by atoms with Crippen LogP contribution in [0.3, 0.4) is 0 Å². The summed E-state index contributed by atoms with van der Waals surface area (Å²) in [5, 5.41) is 1.62. The normalized spacial score (nSPS) is 11.8. The largest absolute Gasteiger partial charge is 0.361 e. The van der Waals surface area contributed by atoms with Crippen LogP contribution in [0.2, 0.25) is 0 Å². The first kappa shape index (κ1) is 9.45. The summed E-state index contributed by atoms with van der Waals surface area (Å²) in [6.45, 7) is 0. The van der Waals surface area contributed by atoms with Crippen molar-refractivity contribution in [2.24, 2.45) is 0 Å². The van der Waals surface area contributed by atoms with E-state index in [-0.39, 0.29) is 4.21 Å². The van der Waals surface area contributed by atoms with Gasteiger partial charge in [-0.3, -0.25) is 4.55 Å². The van der Waals surface area contributed by atoms with E-state index in [1.54, 1.807) is 29.8 Å². The molecule has 0 radical (unpaired) electrons. The molecule has 6 heteroatoms. The van der Waals surface area contributed by atoms with E-state index in [0.717, 1.165) is 11.3 Å². The molecule has 74 valence electrons. The second-order valence-corrected chi connectivity index (χ2v) is 5.21. The SMILES string of the molecule is O=S(=O)(O)c1sccc1-c1ccc[nH]1. The van der Waals surface area contributed by atoms with Crippen LogP contribution in [0, 0.1) is 0 Å². The van der Waals surface area contributed by atoms with Crippen molar-refractivity contribution in [3.63, 3.8) is 0 Å². The maximum absolute atomic E-state index is 11.0. The maximum Gasteiger partial charge on any atom is 0.304 e. The standard InChI is InChI=1S/C8H7NO3S2/c10-14(11,12)8-6(3-5-13-8)7-2-1-4-9-7/h1-5,9H,(H,10,11,12). The van der Waals surface area contributed by atoms with E-state index in [2.05, 4.69) is 4.98 Å². The molecule has 0 spiro atoms. The van der Waals surface area contributed by atoms with Gasteiger partial charge < -0.3 is 4.98 Å². The summed E-state index contributed by atoms with van der Waals surface area (Å²) in [7, 11) is -4.12. The van der Waals surface area contributed by atoms with Crippen molar-refractivity contribution in [1.82, 2.24) is 4.98 Å². The minimum Gasteiger partial charge on any atom is -0.361 e. The monoisotopic (exact) mass is 229 g/mol. The van der Waals surface area contributed by atoms with Crippen LogP contribution in [0.5, 0.6) is 0 Å². The second kappa shape index (κ2) is 3.23. The first-order chi connectivity index (χ1) is 6.59. The van der Waals surface area contributed by atoms with Crippen molar-refractivity contribution >= 4 is 21.5 Å². The van der Waals surface area contributed by atoms with E-state index in [4.69, 9.17) is 4.55 Å². The molecule has 2 N–H and O–H groups in total. The molecular weight excluding hydrogens is 222 g/mol. The molecule has 0 unspecified atom stereocenters. The Balaban J connectivity index is 2.62. The highest BCUT2D eigenvalue weighted by atomic mass is 32.3. The van der Waals surface area contributed by atoms with Gasteiger partial charge in [0.2, 0.25) is 0 Å². The summed E-state index contributed by atoms with van der Waals surface area (Å²) in [6.07, 6.45) is 1.70. The number of aromatic amines is 1. The molecule has 0 aliphatic heterocycles. The minimum absolute atomic E-state index is 0.0278. The predicted molar refractivity (Wildman–Crippen MR) is 53.9 cm³/mol. The fourth-order valence-electron chi connectivity index (χ4n) is 1.19. The number of aromatic nitrogens is 1. The van der Waals surface area contributed by atoms with Crippen molar-refractivity contribution in [2.75, 3.05) is 0 Å². The summed E-state index contributed by atoms with van der Waals surface area (Å²) in [5.41, 5.74) is 1.18. The summed E-state index contributed by atoms with van der Waals surface area (Å²) in [6, 6.07) is 5.16. The lowest BCUT2D eigenvalue weighted by Gasteiger charge is -1.97. The third-order valence-electron chi connectivity index (χ3n) is 1.75. The highest BCUT2D eigenvalue weighted by Crippen LogP contribution is 2.30. The van der Waals surface area contributed by atoms with Crippen LogP contribution < -0.4 is 0 Å². The van der Waals surface area contributed by atoms with Gasteiger partial charge in [-0.05, 0) is 23.6 Å². The quantitative estimate of drug-likeness (QED) is 0.774. The molecule has 2 aromatic rings. The highest BCUT2D eigenvalue weighted by Gasteiger charge is 2.18. The Morgan fingerprint density at radius 2 is 2.14 bits per heavy atom. The van der Waals surface area contributed by atoms with Crippen LogP contribution in [0.15, 0.2) is 34.0 Å². The second-order valence-electron chi connectivity index (χ2n) is 2.68. The van der Waals surface area contributed by atoms with Crippen molar-refractivity contribution < 1.29 is 13.0 Å². The molecule has 0 aromatic carbocycles. The van der Waals surface area contributed by atoms with Gasteiger partial charge in [0.25, 0.3) is 0 Å². The lowest BCUT2D eigenvalue weighted by molar-refractivity contribution is 0.486. The zero-order chi connectivity index (χ0) is 10.2. The number of hydrogen-bond acceptors (Lipinski definition) is 3. The van der Waals surface area contributed by atoms with Gasteiger partial charge in [0.05, 0.1) is 0 Å². The molecule has 2 heterocycles. The molecule has 0 bridgehead atoms. The molecule has 0 saturated carbocycles. The van der Waals surface area contributed by atoms with Crippen LogP contribution in [0.4, 0.5) is 0 Å². The van der Waals surface area contributed by atoms with Gasteiger partial charge >= 0.3 is 10.1 Å². The van der Waals surface area contributed by atoms with Crippen LogP contribution in [0.1, 0.15) is 0 Å². The topological polar surface area (TPSA) is 70.2 Å². The molecular formula is C8H7NO3S2. The minimum atomic E-state index is -4.12. The fourth-order valence-corrected chi connectivity index (χ4v) is 2.93. The van der Waals surface area contributed by atoms with E-state index >= 15 is 0 Å². The Bertz CT molecular complexity index is 525. The van der Waals surface area contributed by atoms with Crippen molar-refractivity contribution in [3.05, 3.63) is 29.8 Å². The van der Waals surface area contributed by atoms with Gasteiger partial charge in [-0.2, -0.15) is 8.42 Å². The molecule has 2 rings (SSSR count). The summed E-state index contributed by atoms with van der Waals surface area (Å²) < 4.78 is 30.8. The average Bonchev–Trinajstić information content (AvgIpc) is 2.73. The molecule has 0 saturated heterocycles. The van der Waals surface area contributed by atoms with E-state index in [0.29, 0.717) is 11.3 Å². The Hall–Kier alpha value is -1.11. The van der Waals surface area contributed by atoms with Crippen LogP contribution in [-0.4, -0.2) is 18.0 Å². The maximum atomic E-state index is 11.0. The Labute approximate surface area is 85.0 Å². The van der Waals surface area contributed by atoms with E-state index in [1.165, 1.54) is 0 Å². The number of hydrogen-bond donors (Lipinski definition) is 2. The van der Waals surface area contributed by atoms with Crippen LogP contribution in [0.25, 0.3) is 11.3 Å². The lowest BCUT2D eigenvalue weighted by atomic mass is 10.2. The molecule has 2 aromatic heterocycles. The van der Waals surface area contributed by atoms with E-state index < -0.39 is 10.1 Å². The Morgan fingerprint density at radius 3 is 2.71 bits per heavy atom. The Kier molecular flexibility index (Phi) is 2.18. The zero-order valence-electron chi connectivity index (χ0n) is 6.97. The van der Waals surface area contributed by atoms with Crippen LogP contribution >= 0.6 is 11.3 Å². The van der Waals surface area contributed by atoms with Gasteiger partial charge in [-0.15, -0.1) is 11.3 Å². The number of nitrogens with one attached hydrogen (secondary N) is 1. The summed E-state index contributed by atoms with van der Waals surface area (Å²) in [4.78, 5) is 2.88. The van der Waals surface area contributed by atoms with Crippen LogP contribution in [-0.2, 0) is 10.1 Å². The average molecular weight is 229 g/mol. The van der Waals surface area contributed by atoms with Gasteiger partial charge in [0.1, 0.15) is 0 Å². The number of H-pyrrole nitrogens is 1. The molecule has 0 atom stereocenters. The molecule has 0 aliphatic carbocycles. The van der Waals surface area contributed by atoms with Crippen molar-refractivity contribution in [2.45, 2.75) is 4.21 Å². The molecule has 0 aliphatic rings. The third-order valence-corrected chi connectivity index (χ3v) is 4.07. The van der Waals surface area contributed by atoms with Gasteiger partial charge in [-0.25, -0.2) is 0 Å². The first-order valence-corrected chi connectivity index (χ1v) is 6.10. The Morgan fingerprint density at radius 1 is 1.36 bits per heavy atom. The highest BCUT2D eigenvalue weighted by molar-refractivity contribution is 7.88. The molecule has 4 nitrogen and oxygen atoms in total. The number of thiophene rings is 1. The third kappa shape index (κ3) is 1.59. The van der Waals surface area contributed by atoms with Gasteiger partial charge in [0.15, 0.2) is 4.21 Å². The first-order valence-electron chi connectivity index (χ1n) is 3.78. The molecule has 0 fully saturated rings. The molecule has 0 amide bonds. The zero-order valence-corrected chi connectivity index (χ0v) is 8.60. The van der Waals surface area contributed by atoms with Crippen molar-refractivity contribution in [1.29, 1.82) is 0 Å². The van der Waals surface area contributed by atoms with E-state index in [1.807, 2.05) is 0 Å². The van der Waals surface area contributed by atoms with E-state index in [9.17, 15) is 8.42 Å². The summed E-state index contributed by atoms with van der Waals surface area (Å²) in [5.74, 6) is 0. The van der Waals surface area contributed by atoms with Gasteiger partial charge in [-0.1, -0.05) is 0 Å². The van der Waals surface area contributed by atoms with Gasteiger partial charge in [0, 0.05) is 17.5 Å². The molecule has 14 heavy (non-hydrogen) atoms. The predicted octanol–water partition coefficient (Wildman–Crippen LogP) is 1.99. The summed E-state index contributed by atoms with van der Waals surface area (Å²) >= 11 is 0.997. The smallest absolute Gasteiger partial charge is 0.304 e. The van der Waals surface area contributed by atoms with Crippen molar-refractivity contribution in [3.8, 4) is 11.3 Å².